The van der Waals surface area contributed by atoms with Gasteiger partial charge in [-0.3, -0.25) is 4.79 Å². The Hall–Kier alpha value is -2.81. The van der Waals surface area contributed by atoms with Gasteiger partial charge in [0, 0.05) is 33.4 Å². The van der Waals surface area contributed by atoms with Crippen LogP contribution in [-0.2, 0) is 26.5 Å². The van der Waals surface area contributed by atoms with Crippen molar-refractivity contribution in [2.24, 2.45) is 0 Å². The number of carbonyl (C=O) groups excluding carboxylic acids is 1. The van der Waals surface area contributed by atoms with Gasteiger partial charge in [-0.05, 0) is 57.1 Å². The molecule has 0 saturated carbocycles. The average Bonchev–Trinajstić information content (AvgIpc) is 2.69. The molecule has 196 valence electrons. The molecule has 0 saturated heterocycles. The van der Waals surface area contributed by atoms with Crippen LogP contribution >= 0.6 is 0 Å². The maximum Gasteiger partial charge on any atom is 0.193 e. The molecule has 36 heavy (non-hydrogen) atoms. The summed E-state index contributed by atoms with van der Waals surface area (Å²) in [5.41, 5.74) is 3.86. The highest BCUT2D eigenvalue weighted by atomic mass is 16.3. The number of phenolic OH excluding ortho intramolecular Hbond substituents is 2. The van der Waals surface area contributed by atoms with Gasteiger partial charge in [0.2, 0.25) is 0 Å². The van der Waals surface area contributed by atoms with Crippen molar-refractivity contribution in [3.63, 3.8) is 0 Å². The second kappa shape index (κ2) is 9.25. The van der Waals surface area contributed by atoms with E-state index in [1.54, 1.807) is 0 Å². The molecule has 0 fully saturated rings. The van der Waals surface area contributed by atoms with Gasteiger partial charge >= 0.3 is 0 Å². The van der Waals surface area contributed by atoms with Crippen LogP contribution in [0.1, 0.15) is 116 Å². The molecular weight excluding hydrogens is 444 g/mol. The van der Waals surface area contributed by atoms with E-state index in [2.05, 4.69) is 13.2 Å². The van der Waals surface area contributed by atoms with Gasteiger partial charge in [0.15, 0.2) is 5.78 Å². The maximum absolute atomic E-state index is 13.7. The van der Waals surface area contributed by atoms with E-state index in [0.29, 0.717) is 22.3 Å². The summed E-state index contributed by atoms with van der Waals surface area (Å²) in [5.74, 6) is 0.271. The molecule has 2 N–H and O–H groups in total. The van der Waals surface area contributed by atoms with E-state index in [9.17, 15) is 15.0 Å². The largest absolute Gasteiger partial charge is 0.507 e. The Kier molecular flexibility index (Phi) is 7.56. The van der Waals surface area contributed by atoms with E-state index in [1.807, 2.05) is 107 Å². The molecule has 3 heteroatoms. The van der Waals surface area contributed by atoms with Gasteiger partial charge in [-0.1, -0.05) is 96.2 Å². The van der Waals surface area contributed by atoms with Crippen molar-refractivity contribution in [1.29, 1.82) is 0 Å². The van der Waals surface area contributed by atoms with E-state index >= 15 is 0 Å². The Morgan fingerprint density at radius 2 is 0.722 bits per heavy atom. The number of ketones is 1. The van der Waals surface area contributed by atoms with Crippen molar-refractivity contribution in [3.05, 3.63) is 70.8 Å². The fraction of sp³-hybridized carbons (Fsp3) is 0.485. The fourth-order valence-electron chi connectivity index (χ4n) is 4.35. The second-order valence-electron chi connectivity index (χ2n) is 14.1. The summed E-state index contributed by atoms with van der Waals surface area (Å²) in [4.78, 5) is 13.7. The zero-order valence-corrected chi connectivity index (χ0v) is 24.5. The number of carbonyl (C=O) groups is 1. The van der Waals surface area contributed by atoms with E-state index in [1.165, 1.54) is 0 Å². The average molecular weight is 491 g/mol. The summed E-state index contributed by atoms with van der Waals surface area (Å²) < 4.78 is 0. The molecule has 3 nitrogen and oxygen atoms in total. The van der Waals surface area contributed by atoms with Crippen LogP contribution in [0.25, 0.3) is 11.1 Å². The molecular formula is C33H46O3. The first-order valence-electron chi connectivity index (χ1n) is 12.7. The number of rotatable bonds is 4. The minimum absolute atomic E-state index is 0.259. The summed E-state index contributed by atoms with van der Waals surface area (Å²) in [6.45, 7) is 32.8. The molecule has 2 aromatic rings. The fourth-order valence-corrected chi connectivity index (χ4v) is 4.35. The number of allylic oxidation sites excluding steroid dienone is 2. The summed E-state index contributed by atoms with van der Waals surface area (Å²) in [6.07, 6.45) is 0. The lowest BCUT2D eigenvalue weighted by Gasteiger charge is -2.29. The van der Waals surface area contributed by atoms with Crippen molar-refractivity contribution in [3.8, 4) is 11.5 Å². The van der Waals surface area contributed by atoms with Crippen molar-refractivity contribution >= 4 is 16.9 Å². The van der Waals surface area contributed by atoms with Crippen molar-refractivity contribution < 1.29 is 15.0 Å². The van der Waals surface area contributed by atoms with Gasteiger partial charge in [0.05, 0.1) is 0 Å². The molecule has 0 aromatic heterocycles. The number of hydrogen-bond acceptors (Lipinski definition) is 3. The van der Waals surface area contributed by atoms with Crippen molar-refractivity contribution in [1.82, 2.24) is 0 Å². The van der Waals surface area contributed by atoms with Crippen LogP contribution in [0.4, 0.5) is 0 Å². The zero-order chi connectivity index (χ0) is 28.2. The Bertz CT molecular complexity index is 1050. The first kappa shape index (κ1) is 29.4. The third-order valence-electron chi connectivity index (χ3n) is 6.70. The number of hydrogen-bond donors (Lipinski definition) is 2. The lowest BCUT2D eigenvalue weighted by atomic mass is 9.76. The van der Waals surface area contributed by atoms with Gasteiger partial charge < -0.3 is 10.2 Å². The van der Waals surface area contributed by atoms with Gasteiger partial charge in [-0.2, -0.15) is 0 Å². The first-order valence-corrected chi connectivity index (χ1v) is 12.7. The molecule has 0 unspecified atom stereocenters. The highest BCUT2D eigenvalue weighted by Crippen LogP contribution is 2.43. The van der Waals surface area contributed by atoms with E-state index in [0.717, 1.165) is 22.3 Å². The van der Waals surface area contributed by atoms with E-state index in [-0.39, 0.29) is 38.9 Å². The monoisotopic (exact) mass is 490 g/mol. The van der Waals surface area contributed by atoms with Crippen molar-refractivity contribution in [2.75, 3.05) is 0 Å². The lowest BCUT2D eigenvalue weighted by molar-refractivity contribution is -0.108. The first-order chi connectivity index (χ1) is 16.0. The predicted molar refractivity (Wildman–Crippen MR) is 154 cm³/mol. The van der Waals surface area contributed by atoms with E-state index < -0.39 is 0 Å². The van der Waals surface area contributed by atoms with E-state index in [4.69, 9.17) is 0 Å². The summed E-state index contributed by atoms with van der Waals surface area (Å²) >= 11 is 0. The zero-order valence-electron chi connectivity index (χ0n) is 24.5. The number of aromatic hydroxyl groups is 2. The summed E-state index contributed by atoms with van der Waals surface area (Å²) in [6, 6.07) is 7.48. The van der Waals surface area contributed by atoms with Gasteiger partial charge in [-0.15, -0.1) is 0 Å². The maximum atomic E-state index is 13.7. The van der Waals surface area contributed by atoms with Crippen molar-refractivity contribution in [2.45, 2.75) is 105 Å². The SMILES string of the molecule is C=C(C(=O)C(=C)c1cc(C(C)(C)C)c(O)c(C(C)(C)C)c1)c1cc(C(C)(C)C)c(O)c(C(C)(C)C)c1. The van der Waals surface area contributed by atoms with Crippen LogP contribution in [-0.4, -0.2) is 16.0 Å². The second-order valence-corrected chi connectivity index (χ2v) is 14.1. The topological polar surface area (TPSA) is 57.5 Å². The minimum atomic E-state index is -0.319. The third kappa shape index (κ3) is 5.94. The molecule has 2 aromatic carbocycles. The molecule has 0 radical (unpaired) electrons. The summed E-state index contributed by atoms with van der Waals surface area (Å²) in [5, 5.41) is 22.2. The third-order valence-corrected chi connectivity index (χ3v) is 6.70. The molecule has 0 amide bonds. The van der Waals surface area contributed by atoms with Crippen LogP contribution in [0, 0.1) is 0 Å². The van der Waals surface area contributed by atoms with Crippen LogP contribution in [0.3, 0.4) is 0 Å². The van der Waals surface area contributed by atoms with Gasteiger partial charge in [0.25, 0.3) is 0 Å². The summed E-state index contributed by atoms with van der Waals surface area (Å²) in [7, 11) is 0. The molecule has 0 aliphatic carbocycles. The Morgan fingerprint density at radius 3 is 0.889 bits per heavy atom. The lowest BCUT2D eigenvalue weighted by Crippen LogP contribution is -2.19. The highest BCUT2D eigenvalue weighted by molar-refractivity contribution is 6.41. The van der Waals surface area contributed by atoms with Crippen LogP contribution in [0.2, 0.25) is 0 Å². The van der Waals surface area contributed by atoms with Gasteiger partial charge in [0.1, 0.15) is 11.5 Å². The smallest absolute Gasteiger partial charge is 0.193 e. The highest BCUT2D eigenvalue weighted by Gasteiger charge is 2.30. The molecule has 0 bridgehead atoms. The van der Waals surface area contributed by atoms with Gasteiger partial charge in [-0.25, -0.2) is 0 Å². The number of Topliss-reactive ketones (excluding diaryl/α,β-unsaturated/α-hetero) is 1. The number of phenols is 2. The minimum Gasteiger partial charge on any atom is -0.507 e. The molecule has 0 aliphatic heterocycles. The quantitative estimate of drug-likeness (QED) is 0.422. The molecule has 0 aliphatic rings. The van der Waals surface area contributed by atoms with Crippen LogP contribution in [0.15, 0.2) is 37.4 Å². The number of benzene rings is 2. The van der Waals surface area contributed by atoms with Crippen LogP contribution < -0.4 is 0 Å². The molecule has 0 spiro atoms. The molecule has 2 rings (SSSR count). The molecule has 0 heterocycles. The Labute approximate surface area is 219 Å². The molecule has 0 atom stereocenters. The Balaban J connectivity index is 2.69. The standard InChI is InChI=1S/C33H46O3/c1-19(21-15-23(30(3,4)5)28(35)24(16-21)31(6,7)8)27(34)20(2)22-17-25(32(9,10)11)29(36)26(18-22)33(12,13)14/h15-18,35-36H,1-2H2,3-14H3. The predicted octanol–water partition coefficient (Wildman–Crippen LogP) is 8.58. The van der Waals surface area contributed by atoms with Crippen LogP contribution in [0.5, 0.6) is 11.5 Å². The Morgan fingerprint density at radius 1 is 0.528 bits per heavy atom. The normalized spacial score (nSPS) is 13.0.